The molecule has 0 fully saturated rings. The highest BCUT2D eigenvalue weighted by Crippen LogP contribution is 2.45. The third kappa shape index (κ3) is 2.69. The van der Waals surface area contributed by atoms with E-state index in [1.54, 1.807) is 0 Å². The second-order valence-corrected chi connectivity index (χ2v) is 7.51. The summed E-state index contributed by atoms with van der Waals surface area (Å²) in [6.07, 6.45) is 1.64. The molecule has 1 aromatic rings. The average Bonchev–Trinajstić information content (AvgIpc) is 2.36. The highest BCUT2D eigenvalue weighted by atomic mass is 79.9. The molecule has 110 valence electrons. The molecule has 1 heterocycles. The Hall–Kier alpha value is -1.42. The molecule has 1 atom stereocenters. The zero-order valence-corrected chi connectivity index (χ0v) is 13.8. The Bertz CT molecular complexity index is 661. The van der Waals surface area contributed by atoms with Gasteiger partial charge in [0.25, 0.3) is 0 Å². The third-order valence-corrected chi connectivity index (χ3v) is 4.95. The van der Waals surface area contributed by atoms with Crippen molar-refractivity contribution < 1.29 is 9.59 Å². The molecule has 1 aliphatic heterocycles. The lowest BCUT2D eigenvalue weighted by Crippen LogP contribution is -2.40. The van der Waals surface area contributed by atoms with Gasteiger partial charge in [-0.3, -0.25) is 9.59 Å². The lowest BCUT2D eigenvalue weighted by molar-refractivity contribution is -0.122. The highest BCUT2D eigenvalue weighted by molar-refractivity contribution is 9.10. The Kier molecular flexibility index (Phi) is 3.52. The van der Waals surface area contributed by atoms with Crippen LogP contribution in [0.25, 0.3) is 0 Å². The minimum absolute atomic E-state index is 0.00000283. The molecule has 1 aromatic carbocycles. The Balaban J connectivity index is 2.11. The van der Waals surface area contributed by atoms with E-state index in [2.05, 4.69) is 35.1 Å². The van der Waals surface area contributed by atoms with E-state index in [1.807, 2.05) is 24.3 Å². The number of Topliss-reactive ketones (excluding diaryl/α,β-unsaturated/α-hetero) is 1. The van der Waals surface area contributed by atoms with Crippen molar-refractivity contribution >= 4 is 27.6 Å². The molecule has 4 heteroatoms. The molecule has 1 amide bonds. The van der Waals surface area contributed by atoms with Crippen LogP contribution in [0.2, 0.25) is 0 Å². The van der Waals surface area contributed by atoms with E-state index >= 15 is 0 Å². The minimum Gasteiger partial charge on any atom is -0.329 e. The summed E-state index contributed by atoms with van der Waals surface area (Å²) in [6.45, 7) is 4.14. The molecular weight excluding hydrogens is 330 g/mol. The average molecular weight is 348 g/mol. The van der Waals surface area contributed by atoms with Crippen molar-refractivity contribution in [2.75, 3.05) is 0 Å². The molecule has 21 heavy (non-hydrogen) atoms. The summed E-state index contributed by atoms with van der Waals surface area (Å²) in [4.78, 5) is 24.7. The summed E-state index contributed by atoms with van der Waals surface area (Å²) in [5.41, 5.74) is 2.57. The quantitative estimate of drug-likeness (QED) is 0.841. The molecule has 0 unspecified atom stereocenters. The first-order chi connectivity index (χ1) is 9.87. The summed E-state index contributed by atoms with van der Waals surface area (Å²) in [5.74, 6) is 0.0370. The van der Waals surface area contributed by atoms with Gasteiger partial charge in [-0.25, -0.2) is 0 Å². The monoisotopic (exact) mass is 347 g/mol. The Labute approximate surface area is 132 Å². The van der Waals surface area contributed by atoms with Gasteiger partial charge in [0, 0.05) is 34.5 Å². The fourth-order valence-electron chi connectivity index (χ4n) is 3.38. The zero-order chi connectivity index (χ0) is 15.2. The van der Waals surface area contributed by atoms with Gasteiger partial charge in [0.15, 0.2) is 5.78 Å². The summed E-state index contributed by atoms with van der Waals surface area (Å²) in [5, 5.41) is 2.93. The first kappa shape index (κ1) is 14.5. The summed E-state index contributed by atoms with van der Waals surface area (Å²) >= 11 is 3.55. The van der Waals surface area contributed by atoms with Gasteiger partial charge in [-0.2, -0.15) is 0 Å². The van der Waals surface area contributed by atoms with Crippen molar-refractivity contribution in [2.24, 2.45) is 5.41 Å². The Morgan fingerprint density at radius 1 is 1.19 bits per heavy atom. The zero-order valence-electron chi connectivity index (χ0n) is 12.2. The lowest BCUT2D eigenvalue weighted by Gasteiger charge is -2.38. The van der Waals surface area contributed by atoms with Crippen LogP contribution in [-0.2, 0) is 9.59 Å². The molecule has 0 saturated heterocycles. The number of benzene rings is 1. The number of rotatable bonds is 1. The van der Waals surface area contributed by atoms with Crippen LogP contribution in [0, 0.1) is 5.41 Å². The lowest BCUT2D eigenvalue weighted by atomic mass is 9.70. The molecule has 1 aliphatic carbocycles. The predicted molar refractivity (Wildman–Crippen MR) is 84.7 cm³/mol. The number of carbonyl (C=O) groups excluding carboxylic acids is 2. The van der Waals surface area contributed by atoms with E-state index in [0.717, 1.165) is 27.7 Å². The molecule has 2 aliphatic rings. The van der Waals surface area contributed by atoms with Crippen molar-refractivity contribution in [1.82, 2.24) is 5.32 Å². The first-order valence-electron chi connectivity index (χ1n) is 7.18. The van der Waals surface area contributed by atoms with Crippen LogP contribution in [-0.4, -0.2) is 11.7 Å². The van der Waals surface area contributed by atoms with Crippen LogP contribution in [0.5, 0.6) is 0 Å². The van der Waals surface area contributed by atoms with E-state index in [-0.39, 0.29) is 23.0 Å². The second-order valence-electron chi connectivity index (χ2n) is 6.66. The van der Waals surface area contributed by atoms with Crippen LogP contribution < -0.4 is 5.32 Å². The molecular formula is C17H18BrNO2. The maximum absolute atomic E-state index is 12.6. The van der Waals surface area contributed by atoms with Crippen LogP contribution in [0.15, 0.2) is 40.0 Å². The van der Waals surface area contributed by atoms with Crippen LogP contribution >= 0.6 is 15.9 Å². The van der Waals surface area contributed by atoms with Gasteiger partial charge in [0.2, 0.25) is 5.91 Å². The van der Waals surface area contributed by atoms with E-state index in [9.17, 15) is 9.59 Å². The molecule has 1 N–H and O–H groups in total. The Morgan fingerprint density at radius 3 is 2.62 bits per heavy atom. The molecule has 0 saturated carbocycles. The van der Waals surface area contributed by atoms with Gasteiger partial charge in [-0.05, 0) is 23.5 Å². The van der Waals surface area contributed by atoms with Crippen molar-refractivity contribution in [3.63, 3.8) is 0 Å². The van der Waals surface area contributed by atoms with Crippen molar-refractivity contribution in [1.29, 1.82) is 0 Å². The number of hydrogen-bond donors (Lipinski definition) is 1. The molecule has 0 bridgehead atoms. The van der Waals surface area contributed by atoms with Gasteiger partial charge >= 0.3 is 0 Å². The molecule has 3 rings (SSSR count). The van der Waals surface area contributed by atoms with Crippen molar-refractivity contribution in [3.8, 4) is 0 Å². The summed E-state index contributed by atoms with van der Waals surface area (Å²) in [6, 6.07) is 7.84. The molecule has 0 radical (unpaired) electrons. The first-order valence-corrected chi connectivity index (χ1v) is 7.97. The third-order valence-electron chi connectivity index (χ3n) is 4.23. The second kappa shape index (κ2) is 5.09. The summed E-state index contributed by atoms with van der Waals surface area (Å²) in [7, 11) is 0. The van der Waals surface area contributed by atoms with Crippen LogP contribution in [0.3, 0.4) is 0 Å². The van der Waals surface area contributed by atoms with E-state index in [1.165, 1.54) is 0 Å². The number of halogens is 1. The number of nitrogens with one attached hydrogen (secondary N) is 1. The Morgan fingerprint density at radius 2 is 1.90 bits per heavy atom. The summed E-state index contributed by atoms with van der Waals surface area (Å²) < 4.78 is 0.953. The fraction of sp³-hybridized carbons (Fsp3) is 0.412. The fourth-order valence-corrected chi connectivity index (χ4v) is 3.94. The molecule has 0 aromatic heterocycles. The van der Waals surface area contributed by atoms with Crippen LogP contribution in [0.4, 0.5) is 0 Å². The van der Waals surface area contributed by atoms with Gasteiger partial charge in [0.1, 0.15) is 0 Å². The van der Waals surface area contributed by atoms with Gasteiger partial charge in [-0.1, -0.05) is 48.0 Å². The van der Waals surface area contributed by atoms with Crippen molar-refractivity contribution in [3.05, 3.63) is 45.6 Å². The number of amides is 1. The normalized spacial score (nSPS) is 24.6. The number of hydrogen-bond acceptors (Lipinski definition) is 2. The maximum atomic E-state index is 12.6. The SMILES string of the molecule is CC1(C)CC(=O)C2=C(C1)NC(=O)C[C@@H]2c1ccccc1Br. The number of allylic oxidation sites excluding steroid dienone is 2. The largest absolute Gasteiger partial charge is 0.329 e. The molecule has 0 spiro atoms. The van der Waals surface area contributed by atoms with Gasteiger partial charge < -0.3 is 5.32 Å². The van der Waals surface area contributed by atoms with Crippen LogP contribution in [0.1, 0.15) is 44.6 Å². The molecule has 3 nitrogen and oxygen atoms in total. The smallest absolute Gasteiger partial charge is 0.225 e. The highest BCUT2D eigenvalue weighted by Gasteiger charge is 2.40. The maximum Gasteiger partial charge on any atom is 0.225 e. The number of carbonyl (C=O) groups is 2. The standard InChI is InChI=1S/C17H18BrNO2/c1-17(2)8-13-16(14(20)9-17)11(7-15(21)19-13)10-5-3-4-6-12(10)18/h3-6,11H,7-9H2,1-2H3,(H,19,21)/t11-/m1/s1. The topological polar surface area (TPSA) is 46.2 Å². The van der Waals surface area contributed by atoms with Crippen molar-refractivity contribution in [2.45, 2.75) is 39.0 Å². The number of ketones is 1. The predicted octanol–water partition coefficient (Wildman–Crippen LogP) is 3.70. The van der Waals surface area contributed by atoms with E-state index in [0.29, 0.717) is 12.8 Å². The van der Waals surface area contributed by atoms with Gasteiger partial charge in [-0.15, -0.1) is 0 Å². The van der Waals surface area contributed by atoms with Gasteiger partial charge in [0.05, 0.1) is 0 Å². The minimum atomic E-state index is -0.132. The van der Waals surface area contributed by atoms with E-state index < -0.39 is 0 Å². The van der Waals surface area contributed by atoms with E-state index in [4.69, 9.17) is 0 Å².